The van der Waals surface area contributed by atoms with Gasteiger partial charge in [0.2, 0.25) is 11.8 Å². The van der Waals surface area contributed by atoms with Crippen LogP contribution in [0.15, 0.2) is 36.8 Å². The largest absolute Gasteiger partial charge is 0.479 e. The molecule has 2 aliphatic rings. The van der Waals surface area contributed by atoms with Crippen LogP contribution in [0.5, 0.6) is 5.88 Å². The van der Waals surface area contributed by atoms with Crippen molar-refractivity contribution in [3.8, 4) is 17.0 Å². The molecule has 36 heavy (non-hydrogen) atoms. The third-order valence-corrected chi connectivity index (χ3v) is 6.78. The summed E-state index contributed by atoms with van der Waals surface area (Å²) >= 11 is 0. The lowest BCUT2D eigenvalue weighted by Crippen LogP contribution is -2.57. The van der Waals surface area contributed by atoms with Crippen LogP contribution >= 0.6 is 0 Å². The van der Waals surface area contributed by atoms with Crippen LogP contribution in [0.4, 0.5) is 19.1 Å². The number of methoxy groups -OCH3 is 1. The fourth-order valence-corrected chi connectivity index (χ4v) is 4.84. The summed E-state index contributed by atoms with van der Waals surface area (Å²) in [5.74, 6) is 0.522. The third-order valence-electron chi connectivity index (χ3n) is 6.78. The number of hydrogen-bond acceptors (Lipinski definition) is 7. The maximum Gasteiger partial charge on any atom is 0.256 e. The highest BCUT2D eigenvalue weighted by Crippen LogP contribution is 2.33. The van der Waals surface area contributed by atoms with Crippen molar-refractivity contribution in [3.05, 3.63) is 36.8 Å². The average molecular weight is 503 g/mol. The van der Waals surface area contributed by atoms with Crippen molar-refractivity contribution < 1.29 is 24.0 Å². The Labute approximate surface area is 206 Å². The van der Waals surface area contributed by atoms with Crippen molar-refractivity contribution in [2.24, 2.45) is 0 Å². The van der Waals surface area contributed by atoms with Gasteiger partial charge >= 0.3 is 0 Å². The van der Waals surface area contributed by atoms with E-state index in [9.17, 15) is 8.78 Å². The summed E-state index contributed by atoms with van der Waals surface area (Å²) in [5.41, 5.74) is 3.35. The zero-order valence-electron chi connectivity index (χ0n) is 20.6. The number of imidazole rings is 1. The molecule has 2 aliphatic heterocycles. The number of nitrogens with one attached hydrogen (secondary N) is 1. The van der Waals surface area contributed by atoms with Crippen molar-refractivity contribution in [2.75, 3.05) is 38.7 Å². The molecule has 190 valence electrons. The molecule has 9 nitrogen and oxygen atoms in total. The quantitative estimate of drug-likeness (QED) is 0.416. The molecule has 0 amide bonds. The van der Waals surface area contributed by atoms with Gasteiger partial charge in [0, 0.05) is 24.8 Å². The van der Waals surface area contributed by atoms with Crippen LogP contribution in [0.25, 0.3) is 27.7 Å². The molecule has 1 aromatic carbocycles. The predicted molar refractivity (Wildman–Crippen MR) is 127 cm³/mol. The topological polar surface area (TPSA) is 81.7 Å². The van der Waals surface area contributed by atoms with E-state index in [1.54, 1.807) is 22.8 Å². The second-order valence-electron chi connectivity index (χ2n) is 9.02. The molecule has 0 radical (unpaired) electrons. The van der Waals surface area contributed by atoms with Gasteiger partial charge in [-0.05, 0) is 30.2 Å². The van der Waals surface area contributed by atoms with Gasteiger partial charge in [0.1, 0.15) is 11.7 Å². The molecule has 2 saturated heterocycles. The molecular formula is C24H26F3N7O2. The van der Waals surface area contributed by atoms with Crippen molar-refractivity contribution in [1.82, 2.24) is 29.0 Å². The summed E-state index contributed by atoms with van der Waals surface area (Å²) in [6, 6.07) is 5.95. The maximum absolute atomic E-state index is 15.0. The molecule has 4 aromatic rings. The standard InChI is InChI=1S/C24H26F3N7O2/c1-35-23-22-16(14-2-3-19-20(8-14)33(13-28-19)10-21(26)27)4-7-34(22)31-24(30-23)29-18-5-6-32(9-17(18)25)15-11-36-12-15/h2-4,7-8,13,15,17-18,21H,5-6,9-12H2,1H3,(H,29,31)/t17-,18-/m1/s1/i15D. The number of anilines is 1. The van der Waals surface area contributed by atoms with E-state index in [0.29, 0.717) is 48.6 Å². The van der Waals surface area contributed by atoms with E-state index >= 15 is 4.39 Å². The van der Waals surface area contributed by atoms with Crippen molar-refractivity contribution in [1.29, 1.82) is 0 Å². The van der Waals surface area contributed by atoms with Crippen LogP contribution in [0.3, 0.4) is 0 Å². The van der Waals surface area contributed by atoms with Gasteiger partial charge in [-0.15, -0.1) is 5.10 Å². The van der Waals surface area contributed by atoms with Crippen LogP contribution in [0.1, 0.15) is 7.79 Å². The molecule has 0 spiro atoms. The molecular weight excluding hydrogens is 475 g/mol. The molecule has 0 unspecified atom stereocenters. The molecule has 12 heteroatoms. The maximum atomic E-state index is 15.0. The molecule has 5 heterocycles. The van der Waals surface area contributed by atoms with Gasteiger partial charge in [-0.2, -0.15) is 4.98 Å². The minimum Gasteiger partial charge on any atom is -0.479 e. The Morgan fingerprint density at radius 3 is 2.89 bits per heavy atom. The Morgan fingerprint density at radius 2 is 2.17 bits per heavy atom. The van der Waals surface area contributed by atoms with E-state index in [2.05, 4.69) is 20.4 Å². The van der Waals surface area contributed by atoms with Crippen molar-refractivity contribution >= 4 is 22.5 Å². The van der Waals surface area contributed by atoms with Crippen molar-refractivity contribution in [2.45, 2.75) is 37.6 Å². The molecule has 0 saturated carbocycles. The van der Waals surface area contributed by atoms with Crippen LogP contribution < -0.4 is 10.1 Å². The zero-order valence-corrected chi connectivity index (χ0v) is 19.6. The fourth-order valence-electron chi connectivity index (χ4n) is 4.84. The second-order valence-corrected chi connectivity index (χ2v) is 9.02. The minimum absolute atomic E-state index is 0.141. The summed E-state index contributed by atoms with van der Waals surface area (Å²) < 4.78 is 63.1. The number of likely N-dealkylation sites (tertiary alicyclic amines) is 1. The van der Waals surface area contributed by atoms with Gasteiger partial charge in [0.15, 0.2) is 0 Å². The summed E-state index contributed by atoms with van der Waals surface area (Å²) in [5, 5.41) is 7.62. The van der Waals surface area contributed by atoms with Gasteiger partial charge in [0.05, 0.1) is 57.7 Å². The van der Waals surface area contributed by atoms with E-state index in [1.807, 2.05) is 17.0 Å². The SMILES string of the molecule is [2H]C1(N2CC[C@@H](Nc3nc(OC)c4c(-c5ccc6ncn(CC(F)F)c6c5)ccn4n3)[C@H](F)C2)COC1. The van der Waals surface area contributed by atoms with Crippen LogP contribution in [-0.2, 0) is 11.3 Å². The lowest BCUT2D eigenvalue weighted by molar-refractivity contribution is -0.0794. The van der Waals surface area contributed by atoms with Gasteiger partial charge < -0.3 is 19.4 Å². The highest BCUT2D eigenvalue weighted by atomic mass is 19.3. The molecule has 0 aliphatic carbocycles. The van der Waals surface area contributed by atoms with E-state index in [1.165, 1.54) is 18.0 Å². The average Bonchev–Trinajstić information content (AvgIpc) is 3.47. The highest BCUT2D eigenvalue weighted by Gasteiger charge is 2.35. The number of alkyl halides is 3. The monoisotopic (exact) mass is 502 g/mol. The van der Waals surface area contributed by atoms with Gasteiger partial charge in [-0.1, -0.05) is 6.07 Å². The second kappa shape index (κ2) is 9.25. The summed E-state index contributed by atoms with van der Waals surface area (Å²) in [6.07, 6.45) is -0.0444. The number of hydrogen-bond donors (Lipinski definition) is 1. The van der Waals surface area contributed by atoms with Crippen LogP contribution in [0, 0.1) is 0 Å². The Kier molecular flexibility index (Phi) is 5.62. The first kappa shape index (κ1) is 21.9. The van der Waals surface area contributed by atoms with Crippen molar-refractivity contribution in [3.63, 3.8) is 0 Å². The van der Waals surface area contributed by atoms with Gasteiger partial charge in [-0.3, -0.25) is 4.90 Å². The van der Waals surface area contributed by atoms with E-state index in [-0.39, 0.29) is 12.5 Å². The number of fused-ring (bicyclic) bond motifs is 2. The molecule has 1 N–H and O–H groups in total. The number of ether oxygens (including phenoxy) is 2. The number of rotatable bonds is 7. The Balaban J connectivity index is 1.27. The third kappa shape index (κ3) is 4.13. The number of nitrogens with zero attached hydrogens (tertiary/aromatic N) is 6. The summed E-state index contributed by atoms with van der Waals surface area (Å²) in [4.78, 5) is 10.5. The zero-order chi connectivity index (χ0) is 25.7. The molecule has 0 bridgehead atoms. The van der Waals surface area contributed by atoms with E-state index < -0.39 is 31.2 Å². The highest BCUT2D eigenvalue weighted by molar-refractivity contribution is 5.89. The number of halogens is 3. The van der Waals surface area contributed by atoms with E-state index in [4.69, 9.17) is 10.8 Å². The minimum atomic E-state index is -2.49. The molecule has 2 atom stereocenters. The predicted octanol–water partition coefficient (Wildman–Crippen LogP) is 3.24. The Morgan fingerprint density at radius 1 is 1.31 bits per heavy atom. The summed E-state index contributed by atoms with van der Waals surface area (Å²) in [7, 11) is 1.49. The lowest BCUT2D eigenvalue weighted by Gasteiger charge is -2.42. The van der Waals surface area contributed by atoms with Gasteiger partial charge in [-0.25, -0.2) is 22.7 Å². The van der Waals surface area contributed by atoms with E-state index in [0.717, 1.165) is 11.1 Å². The normalized spacial score (nSPS) is 22.6. The first-order valence-corrected chi connectivity index (χ1v) is 11.7. The fraction of sp³-hybridized carbons (Fsp3) is 0.458. The first-order valence-electron chi connectivity index (χ1n) is 12.2. The molecule has 6 rings (SSSR count). The number of piperidine rings is 1. The molecule has 2 fully saturated rings. The Hall–Kier alpha value is -3.38. The van der Waals surface area contributed by atoms with Gasteiger partial charge in [0.25, 0.3) is 6.43 Å². The number of benzene rings is 1. The summed E-state index contributed by atoms with van der Waals surface area (Å²) in [6.45, 7) is 0.867. The van der Waals surface area contributed by atoms with Crippen LogP contribution in [-0.4, -0.2) is 87.1 Å². The first-order chi connectivity index (χ1) is 17.8. The smallest absolute Gasteiger partial charge is 0.256 e. The lowest BCUT2D eigenvalue weighted by atomic mass is 10.0. The Bertz CT molecular complexity index is 1440. The van der Waals surface area contributed by atoms with Crippen LogP contribution in [0.2, 0.25) is 0 Å². The molecule has 3 aromatic heterocycles. The number of aromatic nitrogens is 5.